The van der Waals surface area contributed by atoms with Crippen LogP contribution in [0.1, 0.15) is 16.7 Å². The van der Waals surface area contributed by atoms with Crippen molar-refractivity contribution in [2.24, 2.45) is 0 Å². The Morgan fingerprint density at radius 2 is 1.90 bits per heavy atom. The van der Waals surface area contributed by atoms with E-state index in [2.05, 4.69) is 16.2 Å². The van der Waals surface area contributed by atoms with E-state index >= 15 is 0 Å². The highest BCUT2D eigenvalue weighted by Gasteiger charge is 2.52. The van der Waals surface area contributed by atoms with Crippen LogP contribution in [0.15, 0.2) is 66.7 Å². The van der Waals surface area contributed by atoms with Crippen molar-refractivity contribution in [3.05, 3.63) is 89.2 Å². The molecule has 0 radical (unpaired) electrons. The Hall–Kier alpha value is -5.23. The van der Waals surface area contributed by atoms with Gasteiger partial charge in [0.05, 0.1) is 36.5 Å². The molecule has 1 aromatic heterocycles. The summed E-state index contributed by atoms with van der Waals surface area (Å²) in [5.41, 5.74) is 9.00. The topological polar surface area (TPSA) is 145 Å². The van der Waals surface area contributed by atoms with Crippen molar-refractivity contribution < 1.29 is 28.6 Å². The minimum Gasteiger partial charge on any atom is -0.491 e. The third-order valence-corrected chi connectivity index (χ3v) is 9.15. The van der Waals surface area contributed by atoms with Crippen molar-refractivity contribution in [2.45, 2.75) is 31.7 Å². The number of para-hydroxylation sites is 1. The molecule has 0 spiro atoms. The molecule has 3 heterocycles. The zero-order valence-electron chi connectivity index (χ0n) is 25.9. The number of aliphatic hydroxyl groups excluding tert-OH is 1. The Bertz CT molecular complexity index is 1850. The van der Waals surface area contributed by atoms with E-state index in [9.17, 15) is 18.8 Å². The number of thiazole rings is 1. The molecule has 2 atom stereocenters. The van der Waals surface area contributed by atoms with Crippen molar-refractivity contribution in [3.8, 4) is 18.1 Å². The molecule has 6 rings (SSSR count). The highest BCUT2D eigenvalue weighted by Crippen LogP contribution is 2.32. The number of carbonyl (C=O) groups is 3. The van der Waals surface area contributed by atoms with Crippen molar-refractivity contribution in [1.82, 2.24) is 30.1 Å². The second kappa shape index (κ2) is 14.3. The number of amides is 4. The number of carbonyl (C=O) groups excluding carboxylic acids is 3. The van der Waals surface area contributed by atoms with Gasteiger partial charge in [0.25, 0.3) is 0 Å². The van der Waals surface area contributed by atoms with Gasteiger partial charge >= 0.3 is 6.03 Å². The van der Waals surface area contributed by atoms with E-state index in [1.807, 2.05) is 30.3 Å². The molecule has 2 saturated heterocycles. The van der Waals surface area contributed by atoms with Crippen LogP contribution < -0.4 is 15.8 Å². The molecule has 12 nitrogen and oxygen atoms in total. The van der Waals surface area contributed by atoms with Crippen LogP contribution in [0, 0.1) is 18.2 Å². The highest BCUT2D eigenvalue weighted by atomic mass is 32.1. The number of urea groups is 1. The fourth-order valence-corrected chi connectivity index (χ4v) is 6.87. The Balaban J connectivity index is 1.30. The molecule has 2 fully saturated rings. The summed E-state index contributed by atoms with van der Waals surface area (Å²) in [4.78, 5) is 49.3. The van der Waals surface area contributed by atoms with E-state index in [1.165, 1.54) is 28.5 Å². The first-order chi connectivity index (χ1) is 23.2. The van der Waals surface area contributed by atoms with Crippen LogP contribution in [-0.2, 0) is 29.1 Å². The highest BCUT2D eigenvalue weighted by molar-refractivity contribution is 7.22. The number of ether oxygens (including phenoxy) is 1. The number of benzene rings is 3. The van der Waals surface area contributed by atoms with Crippen LogP contribution in [0.4, 0.5) is 14.3 Å². The summed E-state index contributed by atoms with van der Waals surface area (Å²) in [6.45, 7) is 0.170. The van der Waals surface area contributed by atoms with Crippen molar-refractivity contribution in [1.29, 1.82) is 0 Å². The number of nitrogens with one attached hydrogen (secondary N) is 1. The van der Waals surface area contributed by atoms with Crippen LogP contribution in [0.2, 0.25) is 0 Å². The minimum absolute atomic E-state index is 0.108. The third kappa shape index (κ3) is 6.89. The first kappa shape index (κ1) is 32.7. The maximum absolute atomic E-state index is 14.3. The summed E-state index contributed by atoms with van der Waals surface area (Å²) in [5.74, 6) is 2.13. The molecule has 2 aliphatic rings. The maximum Gasteiger partial charge on any atom is 0.333 e. The summed E-state index contributed by atoms with van der Waals surface area (Å²) >= 11 is 1.36. The van der Waals surface area contributed by atoms with Gasteiger partial charge in [0, 0.05) is 19.5 Å². The number of nitrogen functional groups attached to an aromatic ring is 1. The summed E-state index contributed by atoms with van der Waals surface area (Å²) < 4.78 is 19.8. The maximum atomic E-state index is 14.3. The lowest BCUT2D eigenvalue weighted by atomic mass is 9.99. The van der Waals surface area contributed by atoms with Gasteiger partial charge in [-0.25, -0.2) is 19.2 Å². The fraction of sp³-hybridized carbons (Fsp3) is 0.294. The number of fused-ring (bicyclic) bond motifs is 2. The van der Waals surface area contributed by atoms with Crippen LogP contribution in [0.25, 0.3) is 10.2 Å². The van der Waals surface area contributed by atoms with Crippen LogP contribution >= 0.6 is 11.3 Å². The molecule has 0 saturated carbocycles. The third-order valence-electron chi connectivity index (χ3n) is 8.30. The van der Waals surface area contributed by atoms with E-state index < -0.39 is 18.2 Å². The quantitative estimate of drug-likeness (QED) is 0.207. The predicted molar refractivity (Wildman–Crippen MR) is 177 cm³/mol. The lowest BCUT2D eigenvalue weighted by molar-refractivity contribution is -0.157. The molecule has 4 aromatic rings. The zero-order valence-corrected chi connectivity index (χ0v) is 26.7. The number of anilines is 1. The Kier molecular flexibility index (Phi) is 9.72. The number of nitrogens with zero attached hydrogens (tertiary/aromatic N) is 5. The van der Waals surface area contributed by atoms with E-state index in [4.69, 9.17) is 22.0 Å². The number of hydrogen-bond acceptors (Lipinski definition) is 9. The number of hydrogen-bond donors (Lipinski definition) is 3. The molecule has 4 amide bonds. The molecule has 0 bridgehead atoms. The number of aromatic nitrogens is 1. The van der Waals surface area contributed by atoms with Crippen LogP contribution in [-0.4, -0.2) is 92.8 Å². The number of terminal acetylenes is 1. The fourth-order valence-electron chi connectivity index (χ4n) is 6.09. The Morgan fingerprint density at radius 1 is 1.15 bits per heavy atom. The van der Waals surface area contributed by atoms with Crippen molar-refractivity contribution in [2.75, 3.05) is 38.6 Å². The SMILES string of the molecule is C#CCN(C(=O)NCc1ccc(F)cc1)N1CC(=O)N2[C@@H](Cc3ccc(OCCO)cc3)C(=O)N(Cc3cccc4sc(N)nc34)C[C@@H]21. The second-order valence-electron chi connectivity index (χ2n) is 11.4. The number of piperazine rings is 1. The molecule has 3 aromatic carbocycles. The molecule has 48 heavy (non-hydrogen) atoms. The van der Waals surface area contributed by atoms with E-state index in [0.29, 0.717) is 22.0 Å². The smallest absolute Gasteiger partial charge is 0.333 e. The van der Waals surface area contributed by atoms with Gasteiger partial charge in [-0.1, -0.05) is 53.7 Å². The molecular weight excluding hydrogens is 637 g/mol. The van der Waals surface area contributed by atoms with Crippen LogP contribution in [0.5, 0.6) is 5.75 Å². The van der Waals surface area contributed by atoms with Gasteiger partial charge in [-0.2, -0.15) is 5.01 Å². The standard InChI is InChI=1S/C34H34FN7O5S/c1-2-14-40(34(46)37-18-23-6-10-25(35)11-7-23)41-21-30(44)42-27(17-22-8-12-26(13-9-22)47-16-15-43)32(45)39(20-29(41)42)19-24-4-3-5-28-31(24)38-33(36)48-28/h1,3-13,27,29,43H,14-21H2,(H2,36,38)(H,37,46)/t27-,29+/m0/s1. The monoisotopic (exact) mass is 671 g/mol. The zero-order chi connectivity index (χ0) is 33.8. The van der Waals surface area contributed by atoms with Gasteiger partial charge in [-0.15, -0.1) is 6.42 Å². The summed E-state index contributed by atoms with van der Waals surface area (Å²) in [6.07, 6.45) is 5.21. The predicted octanol–water partition coefficient (Wildman–Crippen LogP) is 2.57. The molecule has 14 heteroatoms. The van der Waals surface area contributed by atoms with Gasteiger partial charge in [-0.05, 0) is 47.0 Å². The number of rotatable bonds is 11. The van der Waals surface area contributed by atoms with Gasteiger partial charge in [0.2, 0.25) is 11.8 Å². The van der Waals surface area contributed by atoms with Crippen molar-refractivity contribution >= 4 is 44.5 Å². The summed E-state index contributed by atoms with van der Waals surface area (Å²) in [7, 11) is 0. The Morgan fingerprint density at radius 3 is 2.62 bits per heavy atom. The summed E-state index contributed by atoms with van der Waals surface area (Å²) in [5, 5.41) is 15.2. The van der Waals surface area contributed by atoms with E-state index in [0.717, 1.165) is 15.8 Å². The van der Waals surface area contributed by atoms with Gasteiger partial charge in [0.1, 0.15) is 30.4 Å². The number of aliphatic hydroxyl groups is 1. The molecule has 4 N–H and O–H groups in total. The van der Waals surface area contributed by atoms with E-state index in [1.54, 1.807) is 39.1 Å². The average molecular weight is 672 g/mol. The number of hydrazine groups is 1. The number of halogens is 1. The number of nitrogens with two attached hydrogens (primary N) is 1. The first-order valence-electron chi connectivity index (χ1n) is 15.3. The molecule has 248 valence electrons. The van der Waals surface area contributed by atoms with Crippen molar-refractivity contribution in [3.63, 3.8) is 0 Å². The first-order valence-corrected chi connectivity index (χ1v) is 16.1. The van der Waals surface area contributed by atoms with Gasteiger partial charge in [0.15, 0.2) is 5.13 Å². The molecule has 0 unspecified atom stereocenters. The van der Waals surface area contributed by atoms with Gasteiger partial charge in [-0.3, -0.25) is 9.59 Å². The summed E-state index contributed by atoms with van der Waals surface area (Å²) in [6, 6.07) is 17.2. The lowest BCUT2D eigenvalue weighted by Crippen LogP contribution is -2.66. The molecule has 0 aliphatic carbocycles. The molecular formula is C34H34FN7O5S. The second-order valence-corrected chi connectivity index (χ2v) is 12.5. The minimum atomic E-state index is -0.875. The van der Waals surface area contributed by atoms with Crippen LogP contribution in [0.3, 0.4) is 0 Å². The molecule has 2 aliphatic heterocycles. The average Bonchev–Trinajstić information content (AvgIpc) is 3.63. The van der Waals surface area contributed by atoms with E-state index in [-0.39, 0.29) is 70.0 Å². The lowest BCUT2D eigenvalue weighted by Gasteiger charge is -2.46. The normalized spacial score (nSPS) is 17.8. The largest absolute Gasteiger partial charge is 0.491 e. The Labute approximate surface area is 280 Å². The van der Waals surface area contributed by atoms with Gasteiger partial charge < -0.3 is 30.7 Å².